The van der Waals surface area contributed by atoms with Gasteiger partial charge in [0, 0.05) is 41.7 Å². The number of rotatable bonds is 2. The molecule has 0 fully saturated rings. The Hall–Kier alpha value is -3.18. The third-order valence-electron chi connectivity index (χ3n) is 5.34. The molecule has 5 nitrogen and oxygen atoms in total. The normalized spacial score (nSPS) is 17.1. The summed E-state index contributed by atoms with van der Waals surface area (Å²) in [6.45, 7) is 1.61. The fourth-order valence-corrected chi connectivity index (χ4v) is 4.03. The molecule has 0 saturated heterocycles. The topological polar surface area (TPSA) is 62.4 Å². The van der Waals surface area contributed by atoms with Gasteiger partial charge in [0.1, 0.15) is 11.3 Å². The fourth-order valence-electron chi connectivity index (χ4n) is 4.03. The van der Waals surface area contributed by atoms with Gasteiger partial charge in [-0.25, -0.2) is 0 Å². The van der Waals surface area contributed by atoms with Crippen molar-refractivity contribution in [3.63, 3.8) is 0 Å². The minimum atomic E-state index is 0.194. The highest BCUT2D eigenvalue weighted by Crippen LogP contribution is 2.41. The van der Waals surface area contributed by atoms with Crippen molar-refractivity contribution in [1.82, 2.24) is 15.1 Å². The average Bonchev–Trinajstić information content (AvgIpc) is 3.17. The van der Waals surface area contributed by atoms with E-state index in [0.29, 0.717) is 18.0 Å². The molecule has 3 heterocycles. The second kappa shape index (κ2) is 6.21. The van der Waals surface area contributed by atoms with Crippen molar-refractivity contribution in [1.29, 1.82) is 0 Å². The molecule has 4 aromatic rings. The number of aromatic nitrogens is 2. The van der Waals surface area contributed by atoms with Gasteiger partial charge in [0.15, 0.2) is 0 Å². The summed E-state index contributed by atoms with van der Waals surface area (Å²) in [6.07, 6.45) is 3.35. The summed E-state index contributed by atoms with van der Waals surface area (Å²) in [7, 11) is 2.08. The smallest absolute Gasteiger partial charge is 0.133 e. The predicted octanol–water partition coefficient (Wildman–Crippen LogP) is 4.17. The molecular weight excluding hydrogens is 338 g/mol. The molecule has 1 unspecified atom stereocenters. The SMILES string of the molecule is CN1Cc2c(ccc(-c3cccnn3)c2O)C(c2ccc3occc3c2)C1. The van der Waals surface area contributed by atoms with Crippen LogP contribution in [0.1, 0.15) is 22.6 Å². The van der Waals surface area contributed by atoms with Crippen LogP contribution < -0.4 is 0 Å². The summed E-state index contributed by atoms with van der Waals surface area (Å²) in [5, 5.41) is 20.2. The monoisotopic (exact) mass is 357 g/mol. The Morgan fingerprint density at radius 3 is 2.93 bits per heavy atom. The summed E-state index contributed by atoms with van der Waals surface area (Å²) in [5.74, 6) is 0.494. The van der Waals surface area contributed by atoms with E-state index in [1.165, 1.54) is 11.1 Å². The van der Waals surface area contributed by atoms with Gasteiger partial charge in [-0.05, 0) is 54.6 Å². The van der Waals surface area contributed by atoms with Crippen molar-refractivity contribution in [2.24, 2.45) is 0 Å². The number of likely N-dealkylation sites (N-methyl/N-ethyl adjacent to an activating group) is 1. The van der Waals surface area contributed by atoms with Crippen LogP contribution >= 0.6 is 0 Å². The van der Waals surface area contributed by atoms with Crippen LogP contribution in [0, 0.1) is 0 Å². The van der Waals surface area contributed by atoms with Crippen molar-refractivity contribution in [3.8, 4) is 17.0 Å². The summed E-state index contributed by atoms with van der Waals surface area (Å²) in [5.41, 5.74) is 5.65. The molecule has 1 atom stereocenters. The maximum absolute atomic E-state index is 11.0. The Bertz CT molecular complexity index is 1120. The Morgan fingerprint density at radius 1 is 1.15 bits per heavy atom. The highest BCUT2D eigenvalue weighted by Gasteiger charge is 2.28. The molecule has 1 N–H and O–H groups in total. The second-order valence-electron chi connectivity index (χ2n) is 7.11. The quantitative estimate of drug-likeness (QED) is 0.583. The lowest BCUT2D eigenvalue weighted by Gasteiger charge is -2.33. The van der Waals surface area contributed by atoms with Crippen LogP contribution in [0.4, 0.5) is 0 Å². The molecule has 134 valence electrons. The van der Waals surface area contributed by atoms with Crippen LogP contribution in [0.5, 0.6) is 5.75 Å². The molecule has 0 amide bonds. The van der Waals surface area contributed by atoms with E-state index in [9.17, 15) is 5.11 Å². The molecule has 0 spiro atoms. The van der Waals surface area contributed by atoms with Crippen molar-refractivity contribution in [2.45, 2.75) is 12.5 Å². The van der Waals surface area contributed by atoms with Crippen LogP contribution in [0.15, 0.2) is 65.4 Å². The molecule has 1 aliphatic rings. The van der Waals surface area contributed by atoms with Crippen molar-refractivity contribution < 1.29 is 9.52 Å². The molecule has 1 aliphatic heterocycles. The number of fused-ring (bicyclic) bond motifs is 2. The number of phenols is 1. The number of benzene rings is 2. The molecule has 0 radical (unpaired) electrons. The lowest BCUT2D eigenvalue weighted by Crippen LogP contribution is -2.31. The Kier molecular flexibility index (Phi) is 3.69. The molecule has 0 bridgehead atoms. The van der Waals surface area contributed by atoms with Gasteiger partial charge in [-0.15, -0.1) is 0 Å². The van der Waals surface area contributed by atoms with E-state index < -0.39 is 0 Å². The molecule has 5 heteroatoms. The van der Waals surface area contributed by atoms with Crippen LogP contribution in [0.25, 0.3) is 22.2 Å². The molecule has 5 rings (SSSR count). The summed E-state index contributed by atoms with van der Waals surface area (Å²) >= 11 is 0. The summed E-state index contributed by atoms with van der Waals surface area (Å²) in [4.78, 5) is 2.24. The van der Waals surface area contributed by atoms with Gasteiger partial charge in [-0.1, -0.05) is 12.1 Å². The molecule has 0 aliphatic carbocycles. The molecule has 0 saturated carbocycles. The number of hydrogen-bond acceptors (Lipinski definition) is 5. The Balaban J connectivity index is 1.64. The second-order valence-corrected chi connectivity index (χ2v) is 7.11. The van der Waals surface area contributed by atoms with Gasteiger partial charge >= 0.3 is 0 Å². The average molecular weight is 357 g/mol. The fraction of sp³-hybridized carbons (Fsp3) is 0.182. The highest BCUT2D eigenvalue weighted by atomic mass is 16.3. The van der Waals surface area contributed by atoms with Crippen LogP contribution in [-0.4, -0.2) is 33.8 Å². The molecule has 27 heavy (non-hydrogen) atoms. The van der Waals surface area contributed by atoms with Crippen molar-refractivity contribution in [3.05, 3.63) is 77.7 Å². The first-order chi connectivity index (χ1) is 13.2. The maximum atomic E-state index is 11.0. The van der Waals surface area contributed by atoms with Crippen molar-refractivity contribution >= 4 is 11.0 Å². The highest BCUT2D eigenvalue weighted by molar-refractivity contribution is 5.78. The first-order valence-corrected chi connectivity index (χ1v) is 8.99. The summed E-state index contributed by atoms with van der Waals surface area (Å²) < 4.78 is 5.47. The van der Waals surface area contributed by atoms with Gasteiger partial charge in [-0.3, -0.25) is 0 Å². The summed E-state index contributed by atoms with van der Waals surface area (Å²) in [6, 6.07) is 16.1. The van der Waals surface area contributed by atoms with Gasteiger partial charge in [-0.2, -0.15) is 10.2 Å². The van der Waals surface area contributed by atoms with E-state index in [1.807, 2.05) is 30.3 Å². The maximum Gasteiger partial charge on any atom is 0.133 e. The molecule has 2 aromatic heterocycles. The van der Waals surface area contributed by atoms with Crippen molar-refractivity contribution in [2.75, 3.05) is 13.6 Å². The minimum absolute atomic E-state index is 0.194. The number of hydrogen-bond donors (Lipinski definition) is 1. The zero-order valence-electron chi connectivity index (χ0n) is 15.0. The van der Waals surface area contributed by atoms with Crippen LogP contribution in [-0.2, 0) is 6.54 Å². The van der Waals surface area contributed by atoms with E-state index in [2.05, 4.69) is 40.3 Å². The van der Waals surface area contributed by atoms with Gasteiger partial charge < -0.3 is 14.4 Å². The van der Waals surface area contributed by atoms with Crippen LogP contribution in [0.3, 0.4) is 0 Å². The Labute approximate surface area is 156 Å². The van der Waals surface area contributed by atoms with E-state index in [0.717, 1.165) is 28.6 Å². The third kappa shape index (κ3) is 2.67. The van der Waals surface area contributed by atoms with Gasteiger partial charge in [0.05, 0.1) is 12.0 Å². The van der Waals surface area contributed by atoms with E-state index in [1.54, 1.807) is 12.5 Å². The predicted molar refractivity (Wildman–Crippen MR) is 104 cm³/mol. The van der Waals surface area contributed by atoms with E-state index >= 15 is 0 Å². The van der Waals surface area contributed by atoms with Gasteiger partial charge in [0.2, 0.25) is 0 Å². The zero-order chi connectivity index (χ0) is 18.4. The molecule has 2 aromatic carbocycles. The first kappa shape index (κ1) is 16.0. The lowest BCUT2D eigenvalue weighted by atomic mass is 9.83. The van der Waals surface area contributed by atoms with E-state index in [4.69, 9.17) is 4.42 Å². The van der Waals surface area contributed by atoms with Crippen LogP contribution in [0.2, 0.25) is 0 Å². The number of furan rings is 1. The zero-order valence-corrected chi connectivity index (χ0v) is 15.0. The largest absolute Gasteiger partial charge is 0.507 e. The lowest BCUT2D eigenvalue weighted by molar-refractivity contribution is 0.288. The molecular formula is C22H19N3O2. The number of nitrogens with zero attached hydrogens (tertiary/aromatic N) is 3. The standard InChI is InChI=1S/C22H19N3O2/c1-25-12-18(14-4-7-21-15(11-14)8-10-27-21)16-5-6-17(22(26)19(16)13-25)20-3-2-9-23-24-20/h2-11,18,26H,12-13H2,1H3. The number of aromatic hydroxyl groups is 1. The number of phenolic OH excluding ortho intramolecular Hbond substituents is 1. The minimum Gasteiger partial charge on any atom is -0.507 e. The first-order valence-electron chi connectivity index (χ1n) is 8.99. The Morgan fingerprint density at radius 2 is 2.07 bits per heavy atom. The van der Waals surface area contributed by atoms with Gasteiger partial charge in [0.25, 0.3) is 0 Å². The van der Waals surface area contributed by atoms with E-state index in [-0.39, 0.29) is 5.92 Å². The third-order valence-corrected chi connectivity index (χ3v) is 5.34.